The van der Waals surface area contributed by atoms with Gasteiger partial charge in [-0.15, -0.1) is 0 Å². The van der Waals surface area contributed by atoms with Gasteiger partial charge >= 0.3 is 0 Å². The number of hydrogen-bond donors (Lipinski definition) is 1. The predicted octanol–water partition coefficient (Wildman–Crippen LogP) is 2.60. The molecule has 6 heteroatoms. The molecule has 0 aliphatic carbocycles. The molecule has 1 aromatic rings. The maximum atomic E-state index is 13.9. The topological polar surface area (TPSA) is 41.6 Å². The molecule has 0 aromatic heterocycles. The summed E-state index contributed by atoms with van der Waals surface area (Å²) >= 11 is 6.06. The van der Waals surface area contributed by atoms with E-state index in [0.717, 1.165) is 13.0 Å². The van der Waals surface area contributed by atoms with Gasteiger partial charge in [-0.2, -0.15) is 0 Å². The van der Waals surface area contributed by atoms with Crippen LogP contribution >= 0.6 is 11.6 Å². The van der Waals surface area contributed by atoms with Crippen molar-refractivity contribution in [1.82, 2.24) is 10.2 Å². The van der Waals surface area contributed by atoms with Crippen molar-refractivity contribution in [2.24, 2.45) is 0 Å². The highest BCUT2D eigenvalue weighted by atomic mass is 35.5. The zero-order valence-electron chi connectivity index (χ0n) is 12.8. The summed E-state index contributed by atoms with van der Waals surface area (Å²) in [6.07, 6.45) is 1.17. The Morgan fingerprint density at radius 3 is 3.00 bits per heavy atom. The van der Waals surface area contributed by atoms with Gasteiger partial charge < -0.3 is 15.0 Å². The maximum absolute atomic E-state index is 13.9. The summed E-state index contributed by atoms with van der Waals surface area (Å²) in [6, 6.07) is 4.60. The lowest BCUT2D eigenvalue weighted by molar-refractivity contribution is -0.133. The smallest absolute Gasteiger partial charge is 0.224 e. The first-order valence-corrected chi connectivity index (χ1v) is 8.01. The molecule has 122 valence electrons. The van der Waals surface area contributed by atoms with Crippen molar-refractivity contribution in [2.75, 3.05) is 26.3 Å². The molecule has 1 fully saturated rings. The summed E-state index contributed by atoms with van der Waals surface area (Å²) in [6.45, 7) is 4.74. The number of hydrogen-bond acceptors (Lipinski definition) is 3. The van der Waals surface area contributed by atoms with Gasteiger partial charge in [0.05, 0.1) is 13.2 Å². The Hall–Kier alpha value is -1.17. The van der Waals surface area contributed by atoms with Crippen LogP contribution in [0.4, 0.5) is 4.39 Å². The van der Waals surface area contributed by atoms with E-state index < -0.39 is 0 Å². The van der Waals surface area contributed by atoms with Crippen molar-refractivity contribution in [3.8, 4) is 0 Å². The van der Waals surface area contributed by atoms with Crippen LogP contribution in [0.15, 0.2) is 18.2 Å². The highest BCUT2D eigenvalue weighted by Gasteiger charge is 2.22. The van der Waals surface area contributed by atoms with Crippen LogP contribution in [-0.2, 0) is 16.1 Å². The Morgan fingerprint density at radius 2 is 2.36 bits per heavy atom. The lowest BCUT2D eigenvalue weighted by Gasteiger charge is -2.28. The fraction of sp³-hybridized carbons (Fsp3) is 0.562. The highest BCUT2D eigenvalue weighted by molar-refractivity contribution is 6.31. The van der Waals surface area contributed by atoms with Gasteiger partial charge in [0.1, 0.15) is 5.82 Å². The third-order valence-corrected chi connectivity index (χ3v) is 4.03. The lowest BCUT2D eigenvalue weighted by atomic mass is 10.1. The molecule has 0 bridgehead atoms. The van der Waals surface area contributed by atoms with Crippen molar-refractivity contribution in [2.45, 2.75) is 32.4 Å². The molecule has 1 aliphatic heterocycles. The van der Waals surface area contributed by atoms with E-state index in [0.29, 0.717) is 36.8 Å². The van der Waals surface area contributed by atoms with Gasteiger partial charge in [0.2, 0.25) is 5.91 Å². The fourth-order valence-electron chi connectivity index (χ4n) is 2.53. The van der Waals surface area contributed by atoms with Crippen molar-refractivity contribution >= 4 is 17.5 Å². The molecule has 1 N–H and O–H groups in total. The van der Waals surface area contributed by atoms with Crippen LogP contribution in [0.3, 0.4) is 0 Å². The number of carbonyl (C=O) groups is 1. The number of amides is 1. The normalized spacial score (nSPS) is 18.2. The van der Waals surface area contributed by atoms with Crippen LogP contribution < -0.4 is 5.32 Å². The minimum atomic E-state index is -0.375. The summed E-state index contributed by atoms with van der Waals surface area (Å²) in [5, 5.41) is 3.62. The fourth-order valence-corrected chi connectivity index (χ4v) is 2.75. The van der Waals surface area contributed by atoms with E-state index in [1.165, 1.54) is 6.07 Å². The molecule has 1 aliphatic rings. The molecule has 0 saturated carbocycles. The number of benzene rings is 1. The second-order valence-corrected chi connectivity index (χ2v) is 5.85. The largest absolute Gasteiger partial charge is 0.378 e. The lowest BCUT2D eigenvalue weighted by Crippen LogP contribution is -2.45. The summed E-state index contributed by atoms with van der Waals surface area (Å²) in [7, 11) is 0. The van der Waals surface area contributed by atoms with E-state index in [1.807, 2.05) is 6.92 Å². The Labute approximate surface area is 135 Å². The number of ether oxygens (including phenoxy) is 1. The van der Waals surface area contributed by atoms with E-state index in [1.54, 1.807) is 17.0 Å². The molecule has 4 nitrogen and oxygen atoms in total. The minimum Gasteiger partial charge on any atom is -0.378 e. The third kappa shape index (κ3) is 4.66. The van der Waals surface area contributed by atoms with Gasteiger partial charge in [0.15, 0.2) is 0 Å². The van der Waals surface area contributed by atoms with Crippen molar-refractivity contribution in [3.63, 3.8) is 0 Å². The first kappa shape index (κ1) is 17.2. The van der Waals surface area contributed by atoms with Gasteiger partial charge in [-0.05, 0) is 18.6 Å². The number of morpholine rings is 1. The van der Waals surface area contributed by atoms with Gasteiger partial charge in [-0.3, -0.25) is 4.79 Å². The number of nitrogens with zero attached hydrogens (tertiary/aromatic N) is 1. The predicted molar refractivity (Wildman–Crippen MR) is 84.3 cm³/mol. The molecule has 1 amide bonds. The molecule has 1 atom stereocenters. The van der Waals surface area contributed by atoms with Crippen LogP contribution in [0.2, 0.25) is 5.02 Å². The van der Waals surface area contributed by atoms with Gasteiger partial charge in [0, 0.05) is 42.7 Å². The summed E-state index contributed by atoms with van der Waals surface area (Å²) in [5.41, 5.74) is 0.374. The molecule has 2 rings (SSSR count). The number of nitrogens with one attached hydrogen (secondary N) is 1. The monoisotopic (exact) mass is 328 g/mol. The molecule has 1 heterocycles. The van der Waals surface area contributed by atoms with E-state index in [-0.39, 0.29) is 24.3 Å². The molecule has 1 saturated heterocycles. The van der Waals surface area contributed by atoms with Crippen molar-refractivity contribution in [1.29, 1.82) is 0 Å². The minimum absolute atomic E-state index is 0.0100. The van der Waals surface area contributed by atoms with E-state index in [9.17, 15) is 9.18 Å². The maximum Gasteiger partial charge on any atom is 0.224 e. The second-order valence-electron chi connectivity index (χ2n) is 5.45. The molecule has 0 spiro atoms. The molecule has 0 radical (unpaired) electrons. The molecular weight excluding hydrogens is 307 g/mol. The van der Waals surface area contributed by atoms with E-state index in [2.05, 4.69) is 5.32 Å². The summed E-state index contributed by atoms with van der Waals surface area (Å²) < 4.78 is 19.3. The van der Waals surface area contributed by atoms with Crippen LogP contribution in [0.5, 0.6) is 0 Å². The first-order chi connectivity index (χ1) is 10.6. The Bertz CT molecular complexity index is 487. The SMILES string of the molecule is CCCN(Cc1c(F)cccc1Cl)C(=O)CC1COCCN1. The molecule has 1 unspecified atom stereocenters. The molecule has 1 aromatic carbocycles. The number of halogens is 2. The highest BCUT2D eigenvalue weighted by Crippen LogP contribution is 2.21. The van der Waals surface area contributed by atoms with Gasteiger partial charge in [-0.25, -0.2) is 4.39 Å². The van der Waals surface area contributed by atoms with Gasteiger partial charge in [0.25, 0.3) is 0 Å². The zero-order chi connectivity index (χ0) is 15.9. The third-order valence-electron chi connectivity index (χ3n) is 3.68. The van der Waals surface area contributed by atoms with E-state index in [4.69, 9.17) is 16.3 Å². The van der Waals surface area contributed by atoms with Crippen LogP contribution in [-0.4, -0.2) is 43.2 Å². The van der Waals surface area contributed by atoms with Crippen LogP contribution in [0, 0.1) is 5.82 Å². The summed E-state index contributed by atoms with van der Waals surface area (Å²) in [4.78, 5) is 14.2. The quantitative estimate of drug-likeness (QED) is 0.872. The molecular formula is C16H22ClFN2O2. The van der Waals surface area contributed by atoms with Crippen molar-refractivity contribution in [3.05, 3.63) is 34.6 Å². The average Bonchev–Trinajstić information content (AvgIpc) is 2.51. The van der Waals surface area contributed by atoms with Crippen LogP contribution in [0.1, 0.15) is 25.3 Å². The summed E-state index contributed by atoms with van der Waals surface area (Å²) in [5.74, 6) is -0.385. The number of rotatable bonds is 6. The Morgan fingerprint density at radius 1 is 1.55 bits per heavy atom. The second kappa shape index (κ2) is 8.46. The van der Waals surface area contributed by atoms with E-state index >= 15 is 0 Å². The first-order valence-electron chi connectivity index (χ1n) is 7.63. The molecule has 22 heavy (non-hydrogen) atoms. The standard InChI is InChI=1S/C16H22ClFN2O2/c1-2-7-20(10-13-14(17)4-3-5-15(13)18)16(21)9-12-11-22-8-6-19-12/h3-5,12,19H,2,6-11H2,1H3. The Kier molecular flexibility index (Phi) is 6.61. The van der Waals surface area contributed by atoms with Crippen LogP contribution in [0.25, 0.3) is 0 Å². The Balaban J connectivity index is 2.03. The average molecular weight is 329 g/mol. The van der Waals surface area contributed by atoms with Crippen molar-refractivity contribution < 1.29 is 13.9 Å². The number of carbonyl (C=O) groups excluding carboxylic acids is 1. The van der Waals surface area contributed by atoms with Gasteiger partial charge in [-0.1, -0.05) is 24.6 Å². The zero-order valence-corrected chi connectivity index (χ0v) is 13.5.